The van der Waals surface area contributed by atoms with E-state index in [1.54, 1.807) is 0 Å². The van der Waals surface area contributed by atoms with Crippen LogP contribution in [0.1, 0.15) is 0 Å². The fraction of sp³-hybridized carbons (Fsp3) is 0.0625. The van der Waals surface area contributed by atoms with E-state index in [0.29, 0.717) is 0 Å². The zero-order valence-electron chi connectivity index (χ0n) is 11.9. The van der Waals surface area contributed by atoms with E-state index in [9.17, 15) is 25.2 Å². The van der Waals surface area contributed by atoms with Gasteiger partial charge in [0.1, 0.15) is 11.1 Å². The van der Waals surface area contributed by atoms with Crippen LogP contribution >= 0.6 is 0 Å². The molecule has 2 aromatic carbocycles. The van der Waals surface area contributed by atoms with E-state index in [2.05, 4.69) is 0 Å². The first-order valence-corrected chi connectivity index (χ1v) is 6.52. The third kappa shape index (κ3) is 2.18. The molecule has 23 heavy (non-hydrogen) atoms. The number of rotatable bonds is 2. The first-order chi connectivity index (χ1) is 10.9. The number of phenolic OH excluding ortho intramolecular Hbond substituents is 4. The summed E-state index contributed by atoms with van der Waals surface area (Å²) in [5.74, 6) is -1.69. The molecular weight excluding hydrogens is 304 g/mol. The normalized spacial score (nSPS) is 10.8. The summed E-state index contributed by atoms with van der Waals surface area (Å²) in [6.45, 7) is 0. The Hall–Kier alpha value is -3.35. The number of phenols is 4. The summed E-state index contributed by atoms with van der Waals surface area (Å²) in [6, 6.07) is 6.16. The third-order valence-electron chi connectivity index (χ3n) is 3.40. The van der Waals surface area contributed by atoms with Gasteiger partial charge in [0, 0.05) is 5.56 Å². The molecule has 0 saturated carbocycles. The number of methoxy groups -OCH3 is 1. The van der Waals surface area contributed by atoms with E-state index < -0.39 is 11.2 Å². The van der Waals surface area contributed by atoms with Gasteiger partial charge in [0.25, 0.3) is 0 Å². The Labute approximate surface area is 129 Å². The maximum atomic E-state index is 12.5. The van der Waals surface area contributed by atoms with Crippen molar-refractivity contribution in [3.8, 4) is 40.1 Å². The molecule has 1 heterocycles. The van der Waals surface area contributed by atoms with Crippen LogP contribution < -0.4 is 10.2 Å². The van der Waals surface area contributed by atoms with Crippen LogP contribution in [0.15, 0.2) is 39.5 Å². The molecule has 0 saturated heterocycles. The predicted octanol–water partition coefficient (Wildman–Crippen LogP) is 2.29. The number of hydrogen-bond donors (Lipinski definition) is 4. The SMILES string of the molecule is COc1c(-c2ccc(O)c(O)c2)oc2c(O)ccc(O)c2c1=O. The molecular formula is C16H12O7. The van der Waals surface area contributed by atoms with Crippen LogP contribution in [0.4, 0.5) is 0 Å². The van der Waals surface area contributed by atoms with Crippen molar-refractivity contribution < 1.29 is 29.6 Å². The van der Waals surface area contributed by atoms with Gasteiger partial charge in [-0.3, -0.25) is 4.79 Å². The first kappa shape index (κ1) is 14.6. The fourth-order valence-corrected chi connectivity index (χ4v) is 2.29. The summed E-state index contributed by atoms with van der Waals surface area (Å²) in [5.41, 5.74) is -0.637. The molecule has 3 rings (SSSR count). The van der Waals surface area contributed by atoms with Gasteiger partial charge < -0.3 is 29.6 Å². The Morgan fingerprint density at radius 2 is 1.57 bits per heavy atom. The highest BCUT2D eigenvalue weighted by molar-refractivity contribution is 5.91. The molecule has 7 nitrogen and oxygen atoms in total. The second-order valence-corrected chi connectivity index (χ2v) is 4.80. The number of benzene rings is 2. The number of hydrogen-bond acceptors (Lipinski definition) is 7. The number of aromatic hydroxyl groups is 4. The number of ether oxygens (including phenoxy) is 1. The lowest BCUT2D eigenvalue weighted by atomic mass is 10.1. The molecule has 3 aromatic rings. The quantitative estimate of drug-likeness (QED) is 0.423. The summed E-state index contributed by atoms with van der Waals surface area (Å²) in [7, 11) is 1.25. The fourth-order valence-electron chi connectivity index (χ4n) is 2.29. The highest BCUT2D eigenvalue weighted by Crippen LogP contribution is 2.39. The van der Waals surface area contributed by atoms with Crippen LogP contribution in [0, 0.1) is 0 Å². The molecule has 1 aromatic heterocycles. The molecule has 4 N–H and O–H groups in total. The van der Waals surface area contributed by atoms with Gasteiger partial charge >= 0.3 is 0 Å². The largest absolute Gasteiger partial charge is 0.507 e. The van der Waals surface area contributed by atoms with Gasteiger partial charge in [-0.2, -0.15) is 0 Å². The van der Waals surface area contributed by atoms with Gasteiger partial charge in [-0.25, -0.2) is 0 Å². The second-order valence-electron chi connectivity index (χ2n) is 4.80. The van der Waals surface area contributed by atoms with Crippen LogP contribution in [0.2, 0.25) is 0 Å². The monoisotopic (exact) mass is 316 g/mol. The van der Waals surface area contributed by atoms with Gasteiger partial charge in [0.15, 0.2) is 28.6 Å². The van der Waals surface area contributed by atoms with Gasteiger partial charge in [-0.1, -0.05) is 0 Å². The minimum atomic E-state index is -0.676. The lowest BCUT2D eigenvalue weighted by Crippen LogP contribution is -2.07. The molecule has 0 fully saturated rings. The van der Waals surface area contributed by atoms with Gasteiger partial charge in [0.05, 0.1) is 7.11 Å². The van der Waals surface area contributed by atoms with Crippen LogP contribution in [0.3, 0.4) is 0 Å². The second kappa shape index (κ2) is 5.13. The van der Waals surface area contributed by atoms with Gasteiger partial charge in [-0.05, 0) is 30.3 Å². The third-order valence-corrected chi connectivity index (χ3v) is 3.40. The van der Waals surface area contributed by atoms with Crippen molar-refractivity contribution in [2.45, 2.75) is 0 Å². The molecule has 0 amide bonds. The van der Waals surface area contributed by atoms with E-state index in [4.69, 9.17) is 9.15 Å². The van der Waals surface area contributed by atoms with E-state index in [0.717, 1.165) is 0 Å². The van der Waals surface area contributed by atoms with Crippen LogP contribution in [0.5, 0.6) is 28.7 Å². The average Bonchev–Trinajstić information content (AvgIpc) is 2.53. The van der Waals surface area contributed by atoms with Crippen molar-refractivity contribution in [3.63, 3.8) is 0 Å². The summed E-state index contributed by atoms with van der Waals surface area (Å²) in [5, 5.41) is 38.5. The average molecular weight is 316 g/mol. The topological polar surface area (TPSA) is 120 Å². The van der Waals surface area contributed by atoms with Gasteiger partial charge in [-0.15, -0.1) is 0 Å². The summed E-state index contributed by atoms with van der Waals surface area (Å²) >= 11 is 0. The molecule has 0 unspecified atom stereocenters. The molecule has 0 aliphatic rings. The van der Waals surface area contributed by atoms with Crippen molar-refractivity contribution in [1.82, 2.24) is 0 Å². The Kier molecular flexibility index (Phi) is 3.25. The van der Waals surface area contributed by atoms with Crippen molar-refractivity contribution in [1.29, 1.82) is 0 Å². The molecule has 0 atom stereocenters. The van der Waals surface area contributed by atoms with Crippen LogP contribution in [-0.2, 0) is 0 Å². The van der Waals surface area contributed by atoms with E-state index in [-0.39, 0.29) is 45.3 Å². The predicted molar refractivity (Wildman–Crippen MR) is 81.1 cm³/mol. The van der Waals surface area contributed by atoms with Crippen LogP contribution in [0.25, 0.3) is 22.3 Å². The summed E-state index contributed by atoms with van der Waals surface area (Å²) in [4.78, 5) is 12.5. The molecule has 0 radical (unpaired) electrons. The molecule has 0 aliphatic heterocycles. The van der Waals surface area contributed by atoms with E-state index >= 15 is 0 Å². The smallest absolute Gasteiger partial charge is 0.239 e. The van der Waals surface area contributed by atoms with Crippen molar-refractivity contribution >= 4 is 11.0 Å². The minimum absolute atomic E-state index is 0.0544. The molecule has 118 valence electrons. The molecule has 7 heteroatoms. The summed E-state index contributed by atoms with van der Waals surface area (Å²) in [6.07, 6.45) is 0. The van der Waals surface area contributed by atoms with Crippen molar-refractivity contribution in [2.24, 2.45) is 0 Å². The molecule has 0 bridgehead atoms. The Morgan fingerprint density at radius 3 is 2.22 bits per heavy atom. The van der Waals surface area contributed by atoms with Crippen molar-refractivity contribution in [2.75, 3.05) is 7.11 Å². The lowest BCUT2D eigenvalue weighted by Gasteiger charge is -2.11. The Bertz CT molecular complexity index is 972. The van der Waals surface area contributed by atoms with E-state index in [1.807, 2.05) is 0 Å². The highest BCUT2D eigenvalue weighted by atomic mass is 16.5. The highest BCUT2D eigenvalue weighted by Gasteiger charge is 2.21. The minimum Gasteiger partial charge on any atom is -0.507 e. The van der Waals surface area contributed by atoms with E-state index in [1.165, 1.54) is 37.4 Å². The standard InChI is InChI=1S/C16H12O7/c1-22-16-13(21)12-9(18)4-5-10(19)15(12)23-14(16)7-2-3-8(17)11(20)6-7/h2-6,17-20H,1H3. The molecule has 0 spiro atoms. The first-order valence-electron chi connectivity index (χ1n) is 6.52. The zero-order valence-corrected chi connectivity index (χ0v) is 11.9. The maximum Gasteiger partial charge on any atom is 0.239 e. The Morgan fingerprint density at radius 1 is 0.913 bits per heavy atom. The van der Waals surface area contributed by atoms with Crippen molar-refractivity contribution in [3.05, 3.63) is 40.6 Å². The zero-order chi connectivity index (χ0) is 16.7. The van der Waals surface area contributed by atoms with Crippen LogP contribution in [-0.4, -0.2) is 27.5 Å². The summed E-state index contributed by atoms with van der Waals surface area (Å²) < 4.78 is 10.6. The lowest BCUT2D eigenvalue weighted by molar-refractivity contribution is 0.393. The number of fused-ring (bicyclic) bond motifs is 1. The Balaban J connectivity index is 2.43. The maximum absolute atomic E-state index is 12.5. The molecule has 0 aliphatic carbocycles. The van der Waals surface area contributed by atoms with Gasteiger partial charge in [0.2, 0.25) is 11.2 Å².